The molecule has 102 valence electrons. The molecule has 0 saturated heterocycles. The maximum absolute atomic E-state index is 12.1. The molecule has 0 amide bonds. The first-order valence-electron chi connectivity index (χ1n) is 5.44. The number of benzene rings is 1. The van der Waals surface area contributed by atoms with Gasteiger partial charge < -0.3 is 0 Å². The van der Waals surface area contributed by atoms with Crippen LogP contribution < -0.4 is 4.72 Å². The number of hydrogen-bond acceptors (Lipinski definition) is 5. The summed E-state index contributed by atoms with van der Waals surface area (Å²) in [6.45, 7) is 1.66. The topological polar surface area (TPSA) is 95.7 Å². The maximum Gasteiger partial charge on any atom is 0.264 e. The maximum atomic E-state index is 12.1. The summed E-state index contributed by atoms with van der Waals surface area (Å²) in [6, 6.07) is 7.61. The lowest BCUT2D eigenvalue weighted by atomic mass is 10.1. The van der Waals surface area contributed by atoms with Gasteiger partial charge in [0.25, 0.3) is 10.0 Å². The van der Waals surface area contributed by atoms with E-state index in [9.17, 15) is 8.42 Å². The van der Waals surface area contributed by atoms with Crippen LogP contribution in [0.5, 0.6) is 0 Å². The Morgan fingerprint density at radius 1 is 1.35 bits per heavy atom. The van der Waals surface area contributed by atoms with Crippen LogP contribution in [0, 0.1) is 18.3 Å². The molecule has 20 heavy (non-hydrogen) atoms. The lowest BCUT2D eigenvalue weighted by molar-refractivity contribution is 0.600. The van der Waals surface area contributed by atoms with E-state index in [0.29, 0.717) is 11.1 Å². The molecule has 6 nitrogen and oxygen atoms in total. The second-order valence-electron chi connectivity index (χ2n) is 3.90. The molecule has 0 unspecified atom stereocenters. The number of anilines is 1. The van der Waals surface area contributed by atoms with Gasteiger partial charge in [0, 0.05) is 6.20 Å². The zero-order valence-corrected chi connectivity index (χ0v) is 11.9. The van der Waals surface area contributed by atoms with Crippen molar-refractivity contribution in [2.75, 3.05) is 4.72 Å². The van der Waals surface area contributed by atoms with Crippen molar-refractivity contribution in [1.82, 2.24) is 9.97 Å². The van der Waals surface area contributed by atoms with Crippen LogP contribution in [0.2, 0.25) is 5.15 Å². The van der Waals surface area contributed by atoms with Gasteiger partial charge in [0.2, 0.25) is 5.95 Å². The lowest BCUT2D eigenvalue weighted by Gasteiger charge is -2.07. The molecule has 1 N–H and O–H groups in total. The van der Waals surface area contributed by atoms with Crippen molar-refractivity contribution in [2.24, 2.45) is 0 Å². The van der Waals surface area contributed by atoms with Crippen molar-refractivity contribution in [1.29, 1.82) is 5.26 Å². The summed E-state index contributed by atoms with van der Waals surface area (Å²) < 4.78 is 26.5. The Morgan fingerprint density at radius 3 is 2.70 bits per heavy atom. The minimum Gasteiger partial charge on any atom is -0.247 e. The Hall–Kier alpha value is -2.17. The molecular weight excluding hydrogens is 300 g/mol. The SMILES string of the molecule is Cc1cc(S(=O)(=O)Nc2nccc(Cl)n2)ccc1C#N. The van der Waals surface area contributed by atoms with E-state index in [-0.39, 0.29) is 16.0 Å². The molecule has 1 heterocycles. The molecule has 0 bridgehead atoms. The van der Waals surface area contributed by atoms with E-state index in [1.807, 2.05) is 6.07 Å². The summed E-state index contributed by atoms with van der Waals surface area (Å²) in [5.74, 6) is -0.112. The molecule has 0 saturated carbocycles. The third-order valence-corrected chi connectivity index (χ3v) is 4.01. The molecule has 0 radical (unpaired) electrons. The van der Waals surface area contributed by atoms with Crippen molar-refractivity contribution in [3.05, 3.63) is 46.7 Å². The predicted octanol–water partition coefficient (Wildman–Crippen LogP) is 2.11. The summed E-state index contributed by atoms with van der Waals surface area (Å²) in [6.07, 6.45) is 1.34. The molecule has 0 aliphatic heterocycles. The minimum absolute atomic E-state index is 0.0255. The quantitative estimate of drug-likeness (QED) is 0.876. The third kappa shape index (κ3) is 3.04. The molecular formula is C12H9ClN4O2S. The fraction of sp³-hybridized carbons (Fsp3) is 0.0833. The fourth-order valence-corrected chi connectivity index (χ4v) is 2.67. The van der Waals surface area contributed by atoms with Gasteiger partial charge in [-0.25, -0.2) is 23.1 Å². The highest BCUT2D eigenvalue weighted by molar-refractivity contribution is 7.92. The summed E-state index contributed by atoms with van der Waals surface area (Å²) in [4.78, 5) is 7.55. The van der Waals surface area contributed by atoms with Gasteiger partial charge in [0.1, 0.15) is 5.15 Å². The first-order valence-corrected chi connectivity index (χ1v) is 7.30. The average Bonchev–Trinajstić information content (AvgIpc) is 2.38. The zero-order valence-electron chi connectivity index (χ0n) is 10.3. The number of rotatable bonds is 3. The number of aryl methyl sites for hydroxylation is 1. The highest BCUT2D eigenvalue weighted by Crippen LogP contribution is 2.17. The average molecular weight is 309 g/mol. The van der Waals surface area contributed by atoms with E-state index in [2.05, 4.69) is 14.7 Å². The Labute approximate surface area is 121 Å². The summed E-state index contributed by atoms with van der Waals surface area (Å²) >= 11 is 5.66. The molecule has 8 heteroatoms. The van der Waals surface area contributed by atoms with Crippen LogP contribution in [0.4, 0.5) is 5.95 Å². The van der Waals surface area contributed by atoms with Crippen molar-refractivity contribution < 1.29 is 8.42 Å². The fourth-order valence-electron chi connectivity index (χ4n) is 1.49. The Morgan fingerprint density at radius 2 is 2.10 bits per heavy atom. The number of hydrogen-bond donors (Lipinski definition) is 1. The number of nitrogens with zero attached hydrogens (tertiary/aromatic N) is 3. The van der Waals surface area contributed by atoms with Crippen LogP contribution in [0.1, 0.15) is 11.1 Å². The van der Waals surface area contributed by atoms with Crippen molar-refractivity contribution in [2.45, 2.75) is 11.8 Å². The molecule has 2 aromatic rings. The molecule has 1 aromatic carbocycles. The Balaban J connectivity index is 2.36. The van der Waals surface area contributed by atoms with Crippen molar-refractivity contribution in [3.63, 3.8) is 0 Å². The Kier molecular flexibility index (Phi) is 3.88. The smallest absolute Gasteiger partial charge is 0.247 e. The number of halogens is 1. The minimum atomic E-state index is -3.82. The molecule has 0 aliphatic carbocycles. The third-order valence-electron chi connectivity index (χ3n) is 2.48. The van der Waals surface area contributed by atoms with E-state index in [1.54, 1.807) is 6.92 Å². The number of nitrogens with one attached hydrogen (secondary N) is 1. The normalized spacial score (nSPS) is 10.8. The van der Waals surface area contributed by atoms with Gasteiger partial charge in [0.15, 0.2) is 0 Å². The number of nitriles is 1. The van der Waals surface area contributed by atoms with Crippen LogP contribution in [0.25, 0.3) is 0 Å². The molecule has 0 spiro atoms. The Bertz CT molecular complexity index is 799. The standard InChI is InChI=1S/C12H9ClN4O2S/c1-8-6-10(3-2-9(8)7-14)20(18,19)17-12-15-5-4-11(13)16-12/h2-6H,1H3,(H,15,16,17). The van der Waals surface area contributed by atoms with E-state index in [4.69, 9.17) is 16.9 Å². The second-order valence-corrected chi connectivity index (χ2v) is 5.97. The first-order chi connectivity index (χ1) is 9.42. The van der Waals surface area contributed by atoms with Crippen molar-refractivity contribution >= 4 is 27.6 Å². The first kappa shape index (κ1) is 14.2. The molecule has 2 rings (SSSR count). The van der Waals surface area contributed by atoms with E-state index in [1.165, 1.54) is 30.5 Å². The summed E-state index contributed by atoms with van der Waals surface area (Å²) in [5, 5.41) is 8.96. The van der Waals surface area contributed by atoms with Gasteiger partial charge in [-0.3, -0.25) is 0 Å². The molecule has 1 aromatic heterocycles. The van der Waals surface area contributed by atoms with Gasteiger partial charge >= 0.3 is 0 Å². The number of aromatic nitrogens is 2. The van der Waals surface area contributed by atoms with Crippen LogP contribution in [-0.2, 0) is 10.0 Å². The van der Waals surface area contributed by atoms with Crippen LogP contribution in [0.15, 0.2) is 35.4 Å². The van der Waals surface area contributed by atoms with E-state index < -0.39 is 10.0 Å². The predicted molar refractivity (Wildman–Crippen MR) is 73.7 cm³/mol. The summed E-state index contributed by atoms with van der Waals surface area (Å²) in [5.41, 5.74) is 0.991. The van der Waals surface area contributed by atoms with Crippen LogP contribution in [0.3, 0.4) is 0 Å². The second kappa shape index (κ2) is 5.45. The molecule has 0 atom stereocenters. The van der Waals surface area contributed by atoms with Gasteiger partial charge in [0.05, 0.1) is 16.5 Å². The van der Waals surface area contributed by atoms with Gasteiger partial charge in [-0.15, -0.1) is 0 Å². The van der Waals surface area contributed by atoms with E-state index in [0.717, 1.165) is 0 Å². The molecule has 0 fully saturated rings. The highest BCUT2D eigenvalue weighted by atomic mass is 35.5. The van der Waals surface area contributed by atoms with Gasteiger partial charge in [-0.1, -0.05) is 11.6 Å². The van der Waals surface area contributed by atoms with E-state index >= 15 is 0 Å². The van der Waals surface area contributed by atoms with Crippen LogP contribution >= 0.6 is 11.6 Å². The summed E-state index contributed by atoms with van der Waals surface area (Å²) in [7, 11) is -3.82. The lowest BCUT2D eigenvalue weighted by Crippen LogP contribution is -2.15. The largest absolute Gasteiger partial charge is 0.264 e. The van der Waals surface area contributed by atoms with Gasteiger partial charge in [-0.2, -0.15) is 5.26 Å². The highest BCUT2D eigenvalue weighted by Gasteiger charge is 2.16. The van der Waals surface area contributed by atoms with Gasteiger partial charge in [-0.05, 0) is 36.8 Å². The number of sulfonamides is 1. The van der Waals surface area contributed by atoms with Crippen molar-refractivity contribution in [3.8, 4) is 6.07 Å². The van der Waals surface area contributed by atoms with Crippen LogP contribution in [-0.4, -0.2) is 18.4 Å². The zero-order chi connectivity index (χ0) is 14.8. The monoisotopic (exact) mass is 308 g/mol. The molecule has 0 aliphatic rings.